The number of imidazole rings is 1. The normalized spacial score (nSPS) is 19.9. The van der Waals surface area contributed by atoms with Crippen LogP contribution in [0.1, 0.15) is 43.4 Å². The molecule has 1 aliphatic carbocycles. The fourth-order valence-electron chi connectivity index (χ4n) is 5.37. The van der Waals surface area contributed by atoms with Crippen LogP contribution in [-0.4, -0.2) is 47.0 Å². The van der Waals surface area contributed by atoms with E-state index in [4.69, 9.17) is 9.72 Å². The van der Waals surface area contributed by atoms with Gasteiger partial charge in [0.15, 0.2) is 0 Å². The number of carbonyl (C=O) groups is 1. The molecule has 0 bridgehead atoms. The van der Waals surface area contributed by atoms with Crippen molar-refractivity contribution >= 4 is 11.6 Å². The van der Waals surface area contributed by atoms with Gasteiger partial charge >= 0.3 is 0 Å². The van der Waals surface area contributed by atoms with Crippen LogP contribution in [0.25, 0.3) is 5.65 Å². The van der Waals surface area contributed by atoms with Crippen LogP contribution in [0.15, 0.2) is 54.9 Å². The number of aromatic nitrogens is 2. The number of rotatable bonds is 5. The number of fused-ring (bicyclic) bond motifs is 1. The molecule has 5 rings (SSSR count). The highest BCUT2D eigenvalue weighted by molar-refractivity contribution is 5.84. The summed E-state index contributed by atoms with van der Waals surface area (Å²) in [5.74, 6) is -0.0473. The molecule has 1 amide bonds. The molecule has 0 spiro atoms. The zero-order valence-electron chi connectivity index (χ0n) is 17.9. The second-order valence-corrected chi connectivity index (χ2v) is 9.05. The highest BCUT2D eigenvalue weighted by Gasteiger charge is 2.49. The number of halogens is 1. The molecule has 3 aromatic rings. The molecule has 0 unspecified atom stereocenters. The Kier molecular flexibility index (Phi) is 5.05. The van der Waals surface area contributed by atoms with Gasteiger partial charge in [-0.15, -0.1) is 0 Å². The Labute approximate surface area is 181 Å². The van der Waals surface area contributed by atoms with Crippen molar-refractivity contribution in [2.45, 2.75) is 37.5 Å². The standard InChI is InChI=1S/C25H28FN3O2/c1-31-18-24(10-5-11-24)23(30)28-14-12-25(13-15-28,19-6-3-2-4-7-19)21-17-29-16-20(26)8-9-22(29)27-21/h2-4,6-9,16-17H,5,10-15,18H2,1H3. The Balaban J connectivity index is 1.47. The summed E-state index contributed by atoms with van der Waals surface area (Å²) in [5, 5.41) is 0. The zero-order valence-corrected chi connectivity index (χ0v) is 17.9. The monoisotopic (exact) mass is 421 g/mol. The van der Waals surface area contributed by atoms with Crippen LogP contribution < -0.4 is 0 Å². The van der Waals surface area contributed by atoms with Gasteiger partial charge in [-0.05, 0) is 43.4 Å². The fraction of sp³-hybridized carbons (Fsp3) is 0.440. The lowest BCUT2D eigenvalue weighted by molar-refractivity contribution is -0.153. The van der Waals surface area contributed by atoms with E-state index in [1.807, 2.05) is 29.3 Å². The molecule has 6 heteroatoms. The van der Waals surface area contributed by atoms with Crippen molar-refractivity contribution in [2.75, 3.05) is 26.8 Å². The van der Waals surface area contributed by atoms with Crippen LogP contribution in [-0.2, 0) is 14.9 Å². The molecule has 31 heavy (non-hydrogen) atoms. The predicted octanol–water partition coefficient (Wildman–Crippen LogP) is 4.20. The van der Waals surface area contributed by atoms with Crippen molar-refractivity contribution in [1.82, 2.24) is 14.3 Å². The van der Waals surface area contributed by atoms with Gasteiger partial charge < -0.3 is 14.0 Å². The van der Waals surface area contributed by atoms with Crippen LogP contribution >= 0.6 is 0 Å². The summed E-state index contributed by atoms with van der Waals surface area (Å²) in [6.45, 7) is 1.87. The van der Waals surface area contributed by atoms with Crippen LogP contribution in [0.2, 0.25) is 0 Å². The highest BCUT2D eigenvalue weighted by atomic mass is 19.1. The number of amides is 1. The number of benzene rings is 1. The van der Waals surface area contributed by atoms with E-state index in [0.29, 0.717) is 19.7 Å². The lowest BCUT2D eigenvalue weighted by Gasteiger charge is -2.47. The molecule has 2 aliphatic rings. The second kappa shape index (κ2) is 7.75. The Morgan fingerprint density at radius 3 is 2.45 bits per heavy atom. The maximum atomic E-state index is 13.8. The minimum Gasteiger partial charge on any atom is -0.384 e. The summed E-state index contributed by atoms with van der Waals surface area (Å²) in [6, 6.07) is 13.5. The number of methoxy groups -OCH3 is 1. The zero-order chi connectivity index (χ0) is 21.5. The second-order valence-electron chi connectivity index (χ2n) is 9.05. The van der Waals surface area contributed by atoms with Gasteiger partial charge in [0.2, 0.25) is 5.91 Å². The first-order chi connectivity index (χ1) is 15.1. The van der Waals surface area contributed by atoms with Crippen molar-refractivity contribution in [2.24, 2.45) is 5.41 Å². The van der Waals surface area contributed by atoms with E-state index < -0.39 is 0 Å². The Morgan fingerprint density at radius 2 is 1.81 bits per heavy atom. The van der Waals surface area contributed by atoms with Crippen molar-refractivity contribution in [3.05, 3.63) is 71.9 Å². The molecular weight excluding hydrogens is 393 g/mol. The minimum atomic E-state index is -0.331. The van der Waals surface area contributed by atoms with Crippen LogP contribution in [0.4, 0.5) is 4.39 Å². The van der Waals surface area contributed by atoms with Gasteiger partial charge in [0.1, 0.15) is 11.5 Å². The Morgan fingerprint density at radius 1 is 1.06 bits per heavy atom. The van der Waals surface area contributed by atoms with Gasteiger partial charge in [0.05, 0.1) is 17.7 Å². The van der Waals surface area contributed by atoms with E-state index in [9.17, 15) is 9.18 Å². The van der Waals surface area contributed by atoms with Crippen LogP contribution in [0, 0.1) is 11.2 Å². The predicted molar refractivity (Wildman–Crippen MR) is 116 cm³/mol. The van der Waals surface area contributed by atoms with Crippen molar-refractivity contribution in [3.8, 4) is 0 Å². The number of carbonyl (C=O) groups excluding carboxylic acids is 1. The maximum absolute atomic E-state index is 13.8. The van der Waals surface area contributed by atoms with Crippen molar-refractivity contribution < 1.29 is 13.9 Å². The Hall–Kier alpha value is -2.73. The Bertz CT molecular complexity index is 1080. The number of nitrogens with zero attached hydrogens (tertiary/aromatic N) is 3. The number of pyridine rings is 1. The number of likely N-dealkylation sites (tertiary alicyclic amines) is 1. The minimum absolute atomic E-state index is 0.235. The number of ether oxygens (including phenoxy) is 1. The molecule has 1 aliphatic heterocycles. The summed E-state index contributed by atoms with van der Waals surface area (Å²) in [4.78, 5) is 20.2. The van der Waals surface area contributed by atoms with Gasteiger partial charge in [-0.25, -0.2) is 9.37 Å². The molecule has 1 saturated carbocycles. The van der Waals surface area contributed by atoms with E-state index in [2.05, 4.69) is 12.1 Å². The van der Waals surface area contributed by atoms with Crippen LogP contribution in [0.3, 0.4) is 0 Å². The molecule has 0 N–H and O–H groups in total. The summed E-state index contributed by atoms with van der Waals surface area (Å²) < 4.78 is 20.9. The third-order valence-corrected chi connectivity index (χ3v) is 7.32. The fourth-order valence-corrected chi connectivity index (χ4v) is 5.37. The molecule has 0 atom stereocenters. The van der Waals surface area contributed by atoms with E-state index in [0.717, 1.165) is 43.4 Å². The first-order valence-corrected chi connectivity index (χ1v) is 11.0. The molecule has 2 fully saturated rings. The maximum Gasteiger partial charge on any atom is 0.231 e. The lowest BCUT2D eigenvalue weighted by atomic mass is 9.66. The molecule has 162 valence electrons. The third kappa shape index (κ3) is 3.33. The topological polar surface area (TPSA) is 46.8 Å². The van der Waals surface area contributed by atoms with Gasteiger partial charge in [-0.1, -0.05) is 36.8 Å². The van der Waals surface area contributed by atoms with Crippen molar-refractivity contribution in [3.63, 3.8) is 0 Å². The van der Waals surface area contributed by atoms with Crippen LogP contribution in [0.5, 0.6) is 0 Å². The van der Waals surface area contributed by atoms with E-state index in [-0.39, 0.29) is 22.6 Å². The molecule has 2 aromatic heterocycles. The molecule has 5 nitrogen and oxygen atoms in total. The molecule has 3 heterocycles. The summed E-state index contributed by atoms with van der Waals surface area (Å²) in [7, 11) is 1.68. The smallest absolute Gasteiger partial charge is 0.231 e. The largest absolute Gasteiger partial charge is 0.384 e. The molecule has 1 aromatic carbocycles. The van der Waals surface area contributed by atoms with Gasteiger partial charge in [-0.2, -0.15) is 0 Å². The number of hydrogen-bond acceptors (Lipinski definition) is 3. The lowest BCUT2D eigenvalue weighted by Crippen LogP contribution is -2.54. The van der Waals surface area contributed by atoms with E-state index in [1.165, 1.54) is 17.8 Å². The summed E-state index contributed by atoms with van der Waals surface area (Å²) in [5.41, 5.74) is 2.24. The quantitative estimate of drug-likeness (QED) is 0.620. The van der Waals surface area contributed by atoms with E-state index in [1.54, 1.807) is 17.6 Å². The first-order valence-electron chi connectivity index (χ1n) is 11.0. The average Bonchev–Trinajstić information content (AvgIpc) is 3.20. The summed E-state index contributed by atoms with van der Waals surface area (Å²) >= 11 is 0. The van der Waals surface area contributed by atoms with Gasteiger partial charge in [-0.3, -0.25) is 4.79 Å². The SMILES string of the molecule is COCC1(C(=O)N2CCC(c3ccccc3)(c3cn4cc(F)ccc4n3)CC2)CCC1. The van der Waals surface area contributed by atoms with Gasteiger partial charge in [0.25, 0.3) is 0 Å². The molecule has 1 saturated heterocycles. The van der Waals surface area contributed by atoms with Gasteiger partial charge in [0, 0.05) is 38.0 Å². The average molecular weight is 422 g/mol. The number of piperidine rings is 1. The number of hydrogen-bond donors (Lipinski definition) is 0. The summed E-state index contributed by atoms with van der Waals surface area (Å²) in [6.07, 6.45) is 7.91. The first kappa shape index (κ1) is 20.2. The van der Waals surface area contributed by atoms with E-state index >= 15 is 0 Å². The highest BCUT2D eigenvalue weighted by Crippen LogP contribution is 2.46. The molecular formula is C25H28FN3O2. The third-order valence-electron chi connectivity index (χ3n) is 7.32. The van der Waals surface area contributed by atoms with Crippen molar-refractivity contribution in [1.29, 1.82) is 0 Å². The molecule has 0 radical (unpaired) electrons.